The van der Waals surface area contributed by atoms with E-state index in [1.54, 1.807) is 0 Å². The summed E-state index contributed by atoms with van der Waals surface area (Å²) in [4.78, 5) is 6.26. The lowest BCUT2D eigenvalue weighted by Crippen LogP contribution is -2.31. The molecule has 1 aliphatic carbocycles. The van der Waals surface area contributed by atoms with Crippen LogP contribution in [0.15, 0.2) is 94.5 Å². The number of hydrogen-bond donors (Lipinski definition) is 0. The Balaban J connectivity index is 0.00000180. The van der Waals surface area contributed by atoms with E-state index in [0.717, 1.165) is 6.42 Å². The summed E-state index contributed by atoms with van der Waals surface area (Å²) in [6.45, 7) is 2.15. The summed E-state index contributed by atoms with van der Waals surface area (Å²) in [5, 5.41) is 0.477. The van der Waals surface area contributed by atoms with Crippen LogP contribution in [-0.4, -0.2) is 6.21 Å². The standard InChI is InChI=1S/C24H21NS.ClH/c1-17-10-12-19(13-11-17)21-16-24-20(18-6-3-2-4-7-18)8-5-9-22(24)25-15-14-23(24)26-21;/h2-15,20-21H,16H2,1H3;1H. The molecule has 2 aliphatic heterocycles. The van der Waals surface area contributed by atoms with Crippen molar-refractivity contribution in [2.45, 2.75) is 24.5 Å². The van der Waals surface area contributed by atoms with Gasteiger partial charge in [0, 0.05) is 22.3 Å². The van der Waals surface area contributed by atoms with E-state index in [2.05, 4.69) is 85.8 Å². The quantitative estimate of drug-likeness (QED) is 0.549. The Kier molecular flexibility index (Phi) is 4.88. The highest BCUT2D eigenvalue weighted by Gasteiger charge is 2.53. The van der Waals surface area contributed by atoms with Crippen LogP contribution in [-0.2, 0) is 0 Å². The van der Waals surface area contributed by atoms with Crippen molar-refractivity contribution in [3.05, 3.63) is 106 Å². The fourth-order valence-electron chi connectivity index (χ4n) is 4.49. The van der Waals surface area contributed by atoms with Crippen LogP contribution in [0, 0.1) is 12.3 Å². The monoisotopic (exact) mass is 391 g/mol. The first-order chi connectivity index (χ1) is 12.8. The summed E-state index contributed by atoms with van der Waals surface area (Å²) in [5.74, 6) is 0.343. The van der Waals surface area contributed by atoms with Gasteiger partial charge in [-0.1, -0.05) is 72.3 Å². The first-order valence-corrected chi connectivity index (χ1v) is 10.1. The van der Waals surface area contributed by atoms with E-state index in [0.29, 0.717) is 11.2 Å². The summed E-state index contributed by atoms with van der Waals surface area (Å²) < 4.78 is 0. The van der Waals surface area contributed by atoms with Gasteiger partial charge in [0.2, 0.25) is 0 Å². The lowest BCUT2D eigenvalue weighted by Gasteiger charge is -2.41. The molecule has 136 valence electrons. The van der Waals surface area contributed by atoms with Gasteiger partial charge >= 0.3 is 0 Å². The number of nitrogens with zero attached hydrogens (tertiary/aromatic N) is 1. The van der Waals surface area contributed by atoms with Crippen LogP contribution in [0.5, 0.6) is 0 Å². The van der Waals surface area contributed by atoms with Crippen LogP contribution in [0.3, 0.4) is 0 Å². The van der Waals surface area contributed by atoms with Crippen molar-refractivity contribution in [3.63, 3.8) is 0 Å². The number of thioether (sulfide) groups is 1. The van der Waals surface area contributed by atoms with Crippen molar-refractivity contribution >= 4 is 30.4 Å². The van der Waals surface area contributed by atoms with E-state index < -0.39 is 0 Å². The van der Waals surface area contributed by atoms with Gasteiger partial charge in [-0.2, -0.15) is 0 Å². The Morgan fingerprint density at radius 1 is 0.963 bits per heavy atom. The zero-order valence-corrected chi connectivity index (χ0v) is 16.8. The molecular weight excluding hydrogens is 370 g/mol. The molecule has 1 nitrogen and oxygen atoms in total. The zero-order valence-electron chi connectivity index (χ0n) is 15.2. The first-order valence-electron chi connectivity index (χ1n) is 9.19. The van der Waals surface area contributed by atoms with Gasteiger partial charge in [-0.05, 0) is 36.6 Å². The van der Waals surface area contributed by atoms with E-state index in [1.165, 1.54) is 27.3 Å². The number of aliphatic imine (C=N–C) groups is 1. The summed E-state index contributed by atoms with van der Waals surface area (Å²) in [5.41, 5.74) is 5.31. The zero-order chi connectivity index (χ0) is 17.6. The van der Waals surface area contributed by atoms with Gasteiger partial charge < -0.3 is 0 Å². The molecule has 3 unspecified atom stereocenters. The highest BCUT2D eigenvalue weighted by atomic mass is 35.5. The Morgan fingerprint density at radius 2 is 1.74 bits per heavy atom. The van der Waals surface area contributed by atoms with Crippen molar-refractivity contribution in [1.82, 2.24) is 0 Å². The Morgan fingerprint density at radius 3 is 2.52 bits per heavy atom. The molecular formula is C24H22ClNS. The maximum absolute atomic E-state index is 4.80. The van der Waals surface area contributed by atoms with Crippen LogP contribution in [0.25, 0.3) is 0 Å². The van der Waals surface area contributed by atoms with Crippen molar-refractivity contribution < 1.29 is 0 Å². The van der Waals surface area contributed by atoms with Crippen LogP contribution in [0.2, 0.25) is 0 Å². The van der Waals surface area contributed by atoms with E-state index >= 15 is 0 Å². The fourth-order valence-corrected chi connectivity index (χ4v) is 6.10. The van der Waals surface area contributed by atoms with Gasteiger partial charge in [0.15, 0.2) is 0 Å². The Labute approximate surface area is 171 Å². The van der Waals surface area contributed by atoms with Crippen LogP contribution in [0.4, 0.5) is 0 Å². The van der Waals surface area contributed by atoms with Gasteiger partial charge in [0.1, 0.15) is 0 Å². The van der Waals surface area contributed by atoms with Gasteiger partial charge in [-0.3, -0.25) is 4.99 Å². The molecule has 0 saturated carbocycles. The molecule has 27 heavy (non-hydrogen) atoms. The normalized spacial score (nSPS) is 27.9. The van der Waals surface area contributed by atoms with Crippen LogP contribution < -0.4 is 0 Å². The third-order valence-electron chi connectivity index (χ3n) is 5.81. The van der Waals surface area contributed by atoms with Gasteiger partial charge in [-0.25, -0.2) is 0 Å². The number of halogens is 1. The molecule has 0 amide bonds. The van der Waals surface area contributed by atoms with E-state index in [9.17, 15) is 0 Å². The summed E-state index contributed by atoms with van der Waals surface area (Å²) >= 11 is 2.02. The number of dihydropyridines is 1. The SMILES string of the molecule is Cc1ccc(C2CC34C(=CC=CC3c3ccccc3)N=CC=C4S2)cc1.Cl. The molecule has 2 heterocycles. The molecule has 3 heteroatoms. The predicted molar refractivity (Wildman–Crippen MR) is 119 cm³/mol. The summed E-state index contributed by atoms with van der Waals surface area (Å²) in [6, 6.07) is 19.9. The van der Waals surface area contributed by atoms with Crippen LogP contribution in [0.1, 0.15) is 34.3 Å². The van der Waals surface area contributed by atoms with Gasteiger partial charge in [0.25, 0.3) is 0 Å². The average molecular weight is 392 g/mol. The Hall–Kier alpha value is -2.03. The maximum atomic E-state index is 4.80. The second-order valence-electron chi connectivity index (χ2n) is 7.33. The summed E-state index contributed by atoms with van der Waals surface area (Å²) in [7, 11) is 0. The smallest absolute Gasteiger partial charge is 0.0552 e. The summed E-state index contributed by atoms with van der Waals surface area (Å²) in [6.07, 6.45) is 12.1. The number of benzene rings is 2. The molecule has 0 bridgehead atoms. The highest BCUT2D eigenvalue weighted by Crippen LogP contribution is 2.67. The average Bonchev–Trinajstić information content (AvgIpc) is 3.07. The van der Waals surface area contributed by atoms with Crippen molar-refractivity contribution in [1.29, 1.82) is 0 Å². The van der Waals surface area contributed by atoms with Crippen LogP contribution >= 0.6 is 24.2 Å². The highest BCUT2D eigenvalue weighted by molar-refractivity contribution is 8.03. The predicted octanol–water partition coefficient (Wildman–Crippen LogP) is 6.79. The topological polar surface area (TPSA) is 12.4 Å². The second kappa shape index (κ2) is 7.18. The number of aryl methyl sites for hydroxylation is 1. The minimum absolute atomic E-state index is 0. The molecule has 5 rings (SSSR count). The first kappa shape index (κ1) is 18.3. The van der Waals surface area contributed by atoms with Gasteiger partial charge in [-0.15, -0.1) is 24.2 Å². The molecule has 0 radical (unpaired) electrons. The maximum Gasteiger partial charge on any atom is 0.0552 e. The van der Waals surface area contributed by atoms with E-state index in [1.807, 2.05) is 18.0 Å². The Bertz CT molecular complexity index is 956. The molecule has 3 atom stereocenters. The molecule has 0 aromatic heterocycles. The van der Waals surface area contributed by atoms with Crippen molar-refractivity contribution in [3.8, 4) is 0 Å². The minimum atomic E-state index is -0.0227. The molecule has 1 saturated heterocycles. The fraction of sp³-hybridized carbons (Fsp3) is 0.208. The lowest BCUT2D eigenvalue weighted by molar-refractivity contribution is 0.373. The molecule has 2 aromatic rings. The van der Waals surface area contributed by atoms with Crippen molar-refractivity contribution in [2.24, 2.45) is 10.4 Å². The van der Waals surface area contributed by atoms with Crippen molar-refractivity contribution in [2.75, 3.05) is 0 Å². The molecule has 3 aliphatic rings. The largest absolute Gasteiger partial charge is 0.260 e. The third kappa shape index (κ3) is 2.92. The van der Waals surface area contributed by atoms with Gasteiger partial charge in [0.05, 0.1) is 11.1 Å². The molecule has 1 fully saturated rings. The molecule has 2 aromatic carbocycles. The number of rotatable bonds is 2. The number of allylic oxidation sites excluding steroid dienone is 5. The van der Waals surface area contributed by atoms with E-state index in [-0.39, 0.29) is 17.8 Å². The number of hydrogen-bond acceptors (Lipinski definition) is 2. The lowest BCUT2D eigenvalue weighted by atomic mass is 9.64. The second-order valence-corrected chi connectivity index (χ2v) is 8.57. The third-order valence-corrected chi connectivity index (χ3v) is 7.29. The minimum Gasteiger partial charge on any atom is -0.260 e. The van der Waals surface area contributed by atoms with E-state index in [4.69, 9.17) is 4.99 Å². The molecule has 1 spiro atoms. The molecule has 0 N–H and O–H groups in total.